The van der Waals surface area contributed by atoms with Gasteiger partial charge < -0.3 is 5.32 Å². The molecule has 0 radical (unpaired) electrons. The summed E-state index contributed by atoms with van der Waals surface area (Å²) in [5.74, 6) is 2.66. The molecule has 2 bridgehead atoms. The van der Waals surface area contributed by atoms with Crippen molar-refractivity contribution in [2.24, 2.45) is 11.8 Å². The first-order valence-corrected chi connectivity index (χ1v) is 6.68. The molecule has 0 saturated heterocycles. The predicted molar refractivity (Wildman–Crippen MR) is 67.5 cm³/mol. The molecule has 2 aliphatic rings. The summed E-state index contributed by atoms with van der Waals surface area (Å²) in [6.45, 7) is 3.34. The fraction of sp³-hybridized carbons (Fsp3) is 0.600. The average molecular weight is 215 g/mol. The van der Waals surface area contributed by atoms with Crippen LogP contribution in [0, 0.1) is 11.8 Å². The zero-order chi connectivity index (χ0) is 11.0. The van der Waals surface area contributed by atoms with E-state index >= 15 is 0 Å². The second-order valence-corrected chi connectivity index (χ2v) is 5.35. The zero-order valence-electron chi connectivity index (χ0n) is 10.0. The van der Waals surface area contributed by atoms with E-state index in [-0.39, 0.29) is 0 Å². The summed E-state index contributed by atoms with van der Waals surface area (Å²) in [6, 6.07) is 11.9. The Kier molecular flexibility index (Phi) is 2.72. The minimum absolute atomic E-state index is 0.742. The maximum absolute atomic E-state index is 3.72. The van der Waals surface area contributed by atoms with Gasteiger partial charge in [0.25, 0.3) is 0 Å². The van der Waals surface area contributed by atoms with E-state index in [1.54, 1.807) is 5.56 Å². The number of hydrogen-bond donors (Lipinski definition) is 1. The fourth-order valence-corrected chi connectivity index (χ4v) is 3.98. The Morgan fingerprint density at radius 3 is 2.62 bits per heavy atom. The van der Waals surface area contributed by atoms with Gasteiger partial charge in [-0.1, -0.05) is 37.3 Å². The van der Waals surface area contributed by atoms with Gasteiger partial charge in [0.1, 0.15) is 0 Å². The second-order valence-electron chi connectivity index (χ2n) is 5.35. The topological polar surface area (TPSA) is 12.0 Å². The van der Waals surface area contributed by atoms with Crippen LogP contribution in [0.25, 0.3) is 0 Å². The van der Waals surface area contributed by atoms with Gasteiger partial charge in [-0.25, -0.2) is 0 Å². The zero-order valence-corrected chi connectivity index (χ0v) is 10.0. The molecule has 0 unspecified atom stereocenters. The third-order valence-corrected chi connectivity index (χ3v) is 4.54. The molecule has 3 rings (SSSR count). The summed E-state index contributed by atoms with van der Waals surface area (Å²) in [5.41, 5.74) is 1.56. The third-order valence-electron chi connectivity index (χ3n) is 4.54. The van der Waals surface area contributed by atoms with Crippen LogP contribution in [0.1, 0.15) is 37.7 Å². The van der Waals surface area contributed by atoms with Gasteiger partial charge in [-0.05, 0) is 43.2 Å². The average Bonchev–Trinajstić information content (AvgIpc) is 2.91. The van der Waals surface area contributed by atoms with Crippen LogP contribution in [0.15, 0.2) is 30.3 Å². The molecule has 0 aromatic heterocycles. The molecular weight excluding hydrogens is 194 g/mol. The highest BCUT2D eigenvalue weighted by atomic mass is 14.9. The Labute approximate surface area is 98.3 Å². The third kappa shape index (κ3) is 1.58. The molecule has 1 N–H and O–H groups in total. The number of benzene rings is 1. The maximum Gasteiger partial charge on any atom is 0.0167 e. The van der Waals surface area contributed by atoms with Gasteiger partial charge in [-0.15, -0.1) is 0 Å². The lowest BCUT2D eigenvalue weighted by molar-refractivity contribution is 0.315. The van der Waals surface area contributed by atoms with Gasteiger partial charge in [0.15, 0.2) is 0 Å². The summed E-state index contributed by atoms with van der Waals surface area (Å²) in [7, 11) is 0. The lowest BCUT2D eigenvalue weighted by atomic mass is 9.80. The van der Waals surface area contributed by atoms with E-state index in [9.17, 15) is 0 Å². The number of fused-ring (bicyclic) bond motifs is 2. The van der Waals surface area contributed by atoms with Gasteiger partial charge in [-0.2, -0.15) is 0 Å². The molecule has 1 nitrogen and oxygen atoms in total. The summed E-state index contributed by atoms with van der Waals surface area (Å²) in [5, 5.41) is 3.72. The Morgan fingerprint density at radius 2 is 1.88 bits per heavy atom. The van der Waals surface area contributed by atoms with Gasteiger partial charge >= 0.3 is 0 Å². The Morgan fingerprint density at radius 1 is 1.12 bits per heavy atom. The van der Waals surface area contributed by atoms with Crippen LogP contribution in [0.3, 0.4) is 0 Å². The summed E-state index contributed by atoms with van der Waals surface area (Å²) in [4.78, 5) is 0. The van der Waals surface area contributed by atoms with E-state index < -0.39 is 0 Å². The van der Waals surface area contributed by atoms with Gasteiger partial charge in [0, 0.05) is 12.0 Å². The Balaban J connectivity index is 1.88. The largest absolute Gasteiger partial charge is 0.313 e. The van der Waals surface area contributed by atoms with E-state index in [1.165, 1.54) is 19.3 Å². The highest BCUT2D eigenvalue weighted by molar-refractivity contribution is 5.26. The Bertz CT molecular complexity index is 346. The van der Waals surface area contributed by atoms with Gasteiger partial charge in [0.2, 0.25) is 0 Å². The standard InChI is InChI=1S/C15H21N/c1-2-16-15-13-9-8-12(10-13)14(15)11-6-4-3-5-7-11/h3-7,12-16H,2,8-10H2,1H3/t12-,13+,14-,15-/m0/s1. The van der Waals surface area contributed by atoms with Crippen LogP contribution in [0.5, 0.6) is 0 Å². The molecule has 2 saturated carbocycles. The van der Waals surface area contributed by atoms with E-state index in [0.717, 1.165) is 30.3 Å². The molecule has 0 amide bonds. The summed E-state index contributed by atoms with van der Waals surface area (Å²) in [6.07, 6.45) is 4.36. The monoisotopic (exact) mass is 215 g/mol. The lowest BCUT2D eigenvalue weighted by Crippen LogP contribution is -2.39. The van der Waals surface area contributed by atoms with E-state index in [4.69, 9.17) is 0 Å². The fourth-order valence-electron chi connectivity index (χ4n) is 3.98. The molecule has 4 atom stereocenters. The molecule has 1 heteroatoms. The molecule has 2 aliphatic carbocycles. The first-order chi connectivity index (χ1) is 7.90. The highest BCUT2D eigenvalue weighted by Gasteiger charge is 2.47. The van der Waals surface area contributed by atoms with E-state index in [0.29, 0.717) is 0 Å². The normalized spacial score (nSPS) is 36.8. The maximum atomic E-state index is 3.72. The van der Waals surface area contributed by atoms with Crippen molar-refractivity contribution >= 4 is 0 Å². The molecular formula is C15H21N. The number of likely N-dealkylation sites (N-methyl/N-ethyl adjacent to an activating group) is 1. The van der Waals surface area contributed by atoms with Crippen LogP contribution in [-0.4, -0.2) is 12.6 Å². The van der Waals surface area contributed by atoms with Crippen molar-refractivity contribution in [1.29, 1.82) is 0 Å². The van der Waals surface area contributed by atoms with Crippen molar-refractivity contribution in [1.82, 2.24) is 5.32 Å². The van der Waals surface area contributed by atoms with Crippen molar-refractivity contribution in [3.63, 3.8) is 0 Å². The first-order valence-electron chi connectivity index (χ1n) is 6.68. The molecule has 0 heterocycles. The summed E-state index contributed by atoms with van der Waals surface area (Å²) >= 11 is 0. The summed E-state index contributed by atoms with van der Waals surface area (Å²) < 4.78 is 0. The lowest BCUT2D eigenvalue weighted by Gasteiger charge is -2.32. The number of nitrogens with one attached hydrogen (secondary N) is 1. The van der Waals surface area contributed by atoms with Crippen LogP contribution < -0.4 is 5.32 Å². The quantitative estimate of drug-likeness (QED) is 0.816. The van der Waals surface area contributed by atoms with Crippen molar-refractivity contribution < 1.29 is 0 Å². The SMILES string of the molecule is CCN[C@H]1[C@@H]2CC[C@@H](C2)[C@@H]1c1ccccc1. The van der Waals surface area contributed by atoms with Crippen LogP contribution in [0.4, 0.5) is 0 Å². The minimum atomic E-state index is 0.742. The predicted octanol–water partition coefficient (Wildman–Crippen LogP) is 3.18. The molecule has 86 valence electrons. The molecule has 16 heavy (non-hydrogen) atoms. The van der Waals surface area contributed by atoms with Gasteiger partial charge in [-0.3, -0.25) is 0 Å². The minimum Gasteiger partial charge on any atom is -0.313 e. The number of hydrogen-bond acceptors (Lipinski definition) is 1. The second kappa shape index (κ2) is 4.21. The highest BCUT2D eigenvalue weighted by Crippen LogP contribution is 2.52. The smallest absolute Gasteiger partial charge is 0.0167 e. The van der Waals surface area contributed by atoms with Crippen molar-refractivity contribution in [3.05, 3.63) is 35.9 Å². The van der Waals surface area contributed by atoms with Gasteiger partial charge in [0.05, 0.1) is 0 Å². The van der Waals surface area contributed by atoms with Crippen LogP contribution in [0.2, 0.25) is 0 Å². The molecule has 1 aromatic rings. The van der Waals surface area contributed by atoms with E-state index in [1.807, 2.05) is 0 Å². The van der Waals surface area contributed by atoms with Crippen LogP contribution in [-0.2, 0) is 0 Å². The van der Waals surface area contributed by atoms with Crippen LogP contribution >= 0.6 is 0 Å². The molecule has 0 spiro atoms. The van der Waals surface area contributed by atoms with Crippen molar-refractivity contribution in [2.45, 2.75) is 38.1 Å². The van der Waals surface area contributed by atoms with E-state index in [2.05, 4.69) is 42.6 Å². The van der Waals surface area contributed by atoms with Crippen molar-refractivity contribution in [2.75, 3.05) is 6.54 Å². The Hall–Kier alpha value is -0.820. The molecule has 1 aromatic carbocycles. The number of rotatable bonds is 3. The first kappa shape index (κ1) is 10.3. The van der Waals surface area contributed by atoms with Crippen molar-refractivity contribution in [3.8, 4) is 0 Å². The molecule has 0 aliphatic heterocycles. The molecule has 2 fully saturated rings.